The summed E-state index contributed by atoms with van der Waals surface area (Å²) in [5.41, 5.74) is 1.20. The molecule has 0 saturated carbocycles. The number of hydrogen-bond donors (Lipinski definition) is 1. The highest BCUT2D eigenvalue weighted by molar-refractivity contribution is 6.32. The van der Waals surface area contributed by atoms with E-state index in [2.05, 4.69) is 46.0 Å². The Hall–Kier alpha value is -0.730. The van der Waals surface area contributed by atoms with Crippen molar-refractivity contribution in [2.24, 2.45) is 5.92 Å². The lowest BCUT2D eigenvalue weighted by atomic mass is 10.1. The van der Waals surface area contributed by atoms with E-state index in [0.29, 0.717) is 10.9 Å². The maximum absolute atomic E-state index is 6.29. The molecule has 0 amide bonds. The van der Waals surface area contributed by atoms with Gasteiger partial charge in [0.05, 0.1) is 11.6 Å². The SMILES string of the molecule is CCCC(C)COc1c(Cl)cccc1CNC(C)(C)C. The molecular formula is C17H28ClNO. The van der Waals surface area contributed by atoms with Crippen LogP contribution in [0, 0.1) is 5.92 Å². The minimum Gasteiger partial charge on any atom is -0.491 e. The second-order valence-electron chi connectivity index (χ2n) is 6.54. The molecule has 0 saturated heterocycles. The smallest absolute Gasteiger partial charge is 0.142 e. The molecule has 2 nitrogen and oxygen atoms in total. The molecule has 1 unspecified atom stereocenters. The molecular weight excluding hydrogens is 270 g/mol. The van der Waals surface area contributed by atoms with Gasteiger partial charge in [-0.15, -0.1) is 0 Å². The van der Waals surface area contributed by atoms with Crippen LogP contribution in [-0.2, 0) is 6.54 Å². The molecule has 0 fully saturated rings. The van der Waals surface area contributed by atoms with Crippen molar-refractivity contribution in [1.29, 1.82) is 0 Å². The lowest BCUT2D eigenvalue weighted by Crippen LogP contribution is -2.35. The Labute approximate surface area is 128 Å². The summed E-state index contributed by atoms with van der Waals surface area (Å²) in [4.78, 5) is 0. The van der Waals surface area contributed by atoms with Crippen molar-refractivity contribution in [2.45, 2.75) is 59.5 Å². The zero-order valence-electron chi connectivity index (χ0n) is 13.4. The Balaban J connectivity index is 2.72. The van der Waals surface area contributed by atoms with E-state index >= 15 is 0 Å². The number of rotatable bonds is 7. The van der Waals surface area contributed by atoms with Gasteiger partial charge >= 0.3 is 0 Å². The number of benzene rings is 1. The van der Waals surface area contributed by atoms with Gasteiger partial charge < -0.3 is 10.1 Å². The predicted octanol–water partition coefficient (Wildman–Crippen LogP) is 5.04. The van der Waals surface area contributed by atoms with Crippen LogP contribution in [0.1, 0.15) is 53.0 Å². The van der Waals surface area contributed by atoms with Gasteiger partial charge in [-0.1, -0.05) is 44.0 Å². The average molecular weight is 298 g/mol. The van der Waals surface area contributed by atoms with Gasteiger partial charge in [0, 0.05) is 17.6 Å². The second-order valence-corrected chi connectivity index (χ2v) is 6.94. The summed E-state index contributed by atoms with van der Waals surface area (Å²) < 4.78 is 5.98. The fourth-order valence-electron chi connectivity index (χ4n) is 2.02. The molecule has 0 aliphatic heterocycles. The Morgan fingerprint density at radius 3 is 2.60 bits per heavy atom. The van der Waals surface area contributed by atoms with E-state index in [-0.39, 0.29) is 5.54 Å². The fraction of sp³-hybridized carbons (Fsp3) is 0.647. The molecule has 1 aromatic rings. The Morgan fingerprint density at radius 2 is 2.00 bits per heavy atom. The molecule has 1 aromatic carbocycles. The maximum atomic E-state index is 6.29. The third-order valence-corrected chi connectivity index (χ3v) is 3.45. The zero-order chi connectivity index (χ0) is 15.2. The summed E-state index contributed by atoms with van der Waals surface area (Å²) in [7, 11) is 0. The summed E-state index contributed by atoms with van der Waals surface area (Å²) in [6.07, 6.45) is 2.37. The van der Waals surface area contributed by atoms with Crippen LogP contribution in [0.25, 0.3) is 0 Å². The summed E-state index contributed by atoms with van der Waals surface area (Å²) in [6, 6.07) is 5.94. The van der Waals surface area contributed by atoms with Gasteiger partial charge in [0.1, 0.15) is 5.75 Å². The van der Waals surface area contributed by atoms with E-state index in [9.17, 15) is 0 Å². The van der Waals surface area contributed by atoms with Crippen molar-refractivity contribution in [2.75, 3.05) is 6.61 Å². The Bertz CT molecular complexity index is 412. The van der Waals surface area contributed by atoms with Gasteiger partial charge in [0.15, 0.2) is 0 Å². The third kappa shape index (κ3) is 6.15. The number of nitrogens with one attached hydrogen (secondary N) is 1. The van der Waals surface area contributed by atoms with E-state index in [0.717, 1.165) is 24.5 Å². The minimum atomic E-state index is 0.0785. The molecule has 1 N–H and O–H groups in total. The third-order valence-electron chi connectivity index (χ3n) is 3.15. The van der Waals surface area contributed by atoms with Crippen LogP contribution in [0.3, 0.4) is 0 Å². The quantitative estimate of drug-likeness (QED) is 0.761. The molecule has 1 rings (SSSR count). The monoisotopic (exact) mass is 297 g/mol. The second kappa shape index (κ2) is 7.90. The van der Waals surface area contributed by atoms with Gasteiger partial charge in [-0.2, -0.15) is 0 Å². The topological polar surface area (TPSA) is 21.3 Å². The average Bonchev–Trinajstić information content (AvgIpc) is 2.34. The van der Waals surface area contributed by atoms with E-state index in [1.54, 1.807) is 0 Å². The van der Waals surface area contributed by atoms with Crippen molar-refractivity contribution in [3.8, 4) is 5.75 Å². The normalized spacial score (nSPS) is 13.3. The van der Waals surface area contributed by atoms with Gasteiger partial charge in [0.25, 0.3) is 0 Å². The summed E-state index contributed by atoms with van der Waals surface area (Å²) in [5, 5.41) is 4.18. The molecule has 0 aliphatic carbocycles. The first-order valence-electron chi connectivity index (χ1n) is 7.48. The molecule has 20 heavy (non-hydrogen) atoms. The number of ether oxygens (including phenoxy) is 1. The molecule has 0 radical (unpaired) electrons. The molecule has 0 heterocycles. The number of halogens is 1. The molecule has 114 valence electrons. The van der Waals surface area contributed by atoms with Gasteiger partial charge in [-0.3, -0.25) is 0 Å². The van der Waals surface area contributed by atoms with Crippen LogP contribution in [0.5, 0.6) is 5.75 Å². The maximum Gasteiger partial charge on any atom is 0.142 e. The van der Waals surface area contributed by atoms with Crippen LogP contribution in [0.4, 0.5) is 0 Å². The van der Waals surface area contributed by atoms with Crippen LogP contribution < -0.4 is 10.1 Å². The first-order chi connectivity index (χ1) is 9.33. The van der Waals surface area contributed by atoms with E-state index in [1.165, 1.54) is 12.8 Å². The standard InChI is InChI=1S/C17H28ClNO/c1-6-8-13(2)12-20-16-14(9-7-10-15(16)18)11-19-17(3,4)5/h7,9-10,13,19H,6,8,11-12H2,1-5H3. The summed E-state index contributed by atoms with van der Waals surface area (Å²) >= 11 is 6.29. The number of para-hydroxylation sites is 1. The van der Waals surface area contributed by atoms with Crippen LogP contribution in [-0.4, -0.2) is 12.1 Å². The highest BCUT2D eigenvalue weighted by Gasteiger charge is 2.14. The lowest BCUT2D eigenvalue weighted by Gasteiger charge is -2.22. The molecule has 1 atom stereocenters. The largest absolute Gasteiger partial charge is 0.491 e. The van der Waals surface area contributed by atoms with Gasteiger partial charge in [0.2, 0.25) is 0 Å². The number of hydrogen-bond acceptors (Lipinski definition) is 2. The molecule has 0 aliphatic rings. The Morgan fingerprint density at radius 1 is 1.30 bits per heavy atom. The van der Waals surface area contributed by atoms with E-state index in [4.69, 9.17) is 16.3 Å². The van der Waals surface area contributed by atoms with Crippen molar-refractivity contribution in [3.63, 3.8) is 0 Å². The predicted molar refractivity (Wildman–Crippen MR) is 87.6 cm³/mol. The van der Waals surface area contributed by atoms with Crippen molar-refractivity contribution in [1.82, 2.24) is 5.32 Å². The van der Waals surface area contributed by atoms with Crippen molar-refractivity contribution >= 4 is 11.6 Å². The van der Waals surface area contributed by atoms with E-state index in [1.807, 2.05) is 12.1 Å². The van der Waals surface area contributed by atoms with Crippen molar-refractivity contribution < 1.29 is 4.74 Å². The lowest BCUT2D eigenvalue weighted by molar-refractivity contribution is 0.248. The van der Waals surface area contributed by atoms with Gasteiger partial charge in [-0.25, -0.2) is 0 Å². The zero-order valence-corrected chi connectivity index (χ0v) is 14.2. The van der Waals surface area contributed by atoms with Crippen molar-refractivity contribution in [3.05, 3.63) is 28.8 Å². The Kier molecular flexibility index (Phi) is 6.84. The first-order valence-corrected chi connectivity index (χ1v) is 7.86. The fourth-order valence-corrected chi connectivity index (χ4v) is 2.27. The molecule has 3 heteroatoms. The molecule has 0 spiro atoms. The van der Waals surface area contributed by atoms with E-state index < -0.39 is 0 Å². The summed E-state index contributed by atoms with van der Waals surface area (Å²) in [6.45, 7) is 12.4. The highest BCUT2D eigenvalue weighted by Crippen LogP contribution is 2.29. The van der Waals surface area contributed by atoms with Crippen LogP contribution in [0.15, 0.2) is 18.2 Å². The molecule has 0 aromatic heterocycles. The summed E-state index contributed by atoms with van der Waals surface area (Å²) in [5.74, 6) is 1.38. The van der Waals surface area contributed by atoms with Crippen LogP contribution in [0.2, 0.25) is 5.02 Å². The van der Waals surface area contributed by atoms with Gasteiger partial charge in [-0.05, 0) is 39.2 Å². The van der Waals surface area contributed by atoms with Crippen LogP contribution >= 0.6 is 11.6 Å². The molecule has 0 bridgehead atoms. The highest BCUT2D eigenvalue weighted by atomic mass is 35.5. The first kappa shape index (κ1) is 17.3. The minimum absolute atomic E-state index is 0.0785.